The standard InChI is InChI=1S/C30H24F3N3O2/c1-19-6-4-10-25(28(19)21-7-5-8-22(16-21)30(31,32)33)29(38)35-24-11-12-26-20(17-24)13-15-36(26)27(37)18-23-9-2-3-14-34-23/h2-12,14,16-17H,13,15,18H2,1H3,(H,35,38). The van der Waals surface area contributed by atoms with E-state index in [1.54, 1.807) is 60.5 Å². The van der Waals surface area contributed by atoms with Crippen molar-refractivity contribution in [2.24, 2.45) is 0 Å². The molecule has 0 unspecified atom stereocenters. The lowest BCUT2D eigenvalue weighted by Crippen LogP contribution is -2.30. The Morgan fingerprint density at radius 2 is 1.79 bits per heavy atom. The third-order valence-corrected chi connectivity index (χ3v) is 6.59. The summed E-state index contributed by atoms with van der Waals surface area (Å²) in [5, 5.41) is 2.88. The summed E-state index contributed by atoms with van der Waals surface area (Å²) in [4.78, 5) is 32.1. The summed E-state index contributed by atoms with van der Waals surface area (Å²) in [6.45, 7) is 2.30. The minimum atomic E-state index is -4.49. The van der Waals surface area contributed by atoms with Crippen molar-refractivity contribution in [2.75, 3.05) is 16.8 Å². The summed E-state index contributed by atoms with van der Waals surface area (Å²) in [6.07, 6.45) is -1.99. The van der Waals surface area contributed by atoms with Gasteiger partial charge < -0.3 is 10.2 Å². The molecule has 0 radical (unpaired) electrons. The van der Waals surface area contributed by atoms with Crippen molar-refractivity contribution >= 4 is 23.2 Å². The van der Waals surface area contributed by atoms with Crippen LogP contribution >= 0.6 is 0 Å². The van der Waals surface area contributed by atoms with E-state index in [9.17, 15) is 22.8 Å². The molecular formula is C30H24F3N3O2. The van der Waals surface area contributed by atoms with Gasteiger partial charge in [0.25, 0.3) is 5.91 Å². The van der Waals surface area contributed by atoms with Crippen LogP contribution in [0.3, 0.4) is 0 Å². The third kappa shape index (κ3) is 5.16. The van der Waals surface area contributed by atoms with E-state index in [0.717, 1.165) is 23.4 Å². The minimum Gasteiger partial charge on any atom is -0.322 e. The lowest BCUT2D eigenvalue weighted by Gasteiger charge is -2.18. The van der Waals surface area contributed by atoms with Gasteiger partial charge in [-0.25, -0.2) is 0 Å². The predicted octanol–water partition coefficient (Wildman–Crippen LogP) is 6.46. The molecule has 8 heteroatoms. The number of anilines is 2. The second-order valence-electron chi connectivity index (χ2n) is 9.17. The zero-order valence-electron chi connectivity index (χ0n) is 20.5. The summed E-state index contributed by atoms with van der Waals surface area (Å²) in [7, 11) is 0. The van der Waals surface area contributed by atoms with Crippen LogP contribution in [0.5, 0.6) is 0 Å². The van der Waals surface area contributed by atoms with Crippen molar-refractivity contribution in [3.8, 4) is 11.1 Å². The molecule has 5 nitrogen and oxygen atoms in total. The van der Waals surface area contributed by atoms with E-state index in [-0.39, 0.29) is 17.9 Å². The van der Waals surface area contributed by atoms with Gasteiger partial charge >= 0.3 is 6.18 Å². The van der Waals surface area contributed by atoms with Crippen molar-refractivity contribution in [1.82, 2.24) is 4.98 Å². The van der Waals surface area contributed by atoms with Crippen molar-refractivity contribution in [1.29, 1.82) is 0 Å². The van der Waals surface area contributed by atoms with E-state index in [1.807, 2.05) is 18.2 Å². The minimum absolute atomic E-state index is 0.0512. The third-order valence-electron chi connectivity index (χ3n) is 6.59. The number of aromatic nitrogens is 1. The molecule has 0 aliphatic carbocycles. The fourth-order valence-electron chi connectivity index (χ4n) is 4.78. The van der Waals surface area contributed by atoms with Crippen LogP contribution in [0.15, 0.2) is 85.1 Å². The maximum absolute atomic E-state index is 13.3. The fraction of sp³-hybridized carbons (Fsp3) is 0.167. The van der Waals surface area contributed by atoms with Gasteiger partial charge in [-0.3, -0.25) is 14.6 Å². The second kappa shape index (κ2) is 10.1. The number of alkyl halides is 3. The normalized spacial score (nSPS) is 12.8. The Labute approximate surface area is 218 Å². The molecule has 1 aromatic heterocycles. The van der Waals surface area contributed by atoms with Crippen LogP contribution in [0.25, 0.3) is 11.1 Å². The number of nitrogens with zero attached hydrogens (tertiary/aromatic N) is 2. The van der Waals surface area contributed by atoms with Gasteiger partial charge in [0.2, 0.25) is 5.91 Å². The Bertz CT molecular complexity index is 1520. The molecule has 0 saturated carbocycles. The molecule has 2 amide bonds. The first-order chi connectivity index (χ1) is 18.2. The van der Waals surface area contributed by atoms with E-state index < -0.39 is 17.6 Å². The van der Waals surface area contributed by atoms with E-state index in [0.29, 0.717) is 41.0 Å². The van der Waals surface area contributed by atoms with Gasteiger partial charge in [0.05, 0.1) is 12.0 Å². The SMILES string of the molecule is Cc1cccc(C(=O)Nc2ccc3c(c2)CCN3C(=O)Cc2ccccn2)c1-c1cccc(C(F)(F)F)c1. The van der Waals surface area contributed by atoms with Crippen LogP contribution in [0, 0.1) is 6.92 Å². The maximum Gasteiger partial charge on any atom is 0.416 e. The molecule has 2 heterocycles. The van der Waals surface area contributed by atoms with Crippen LogP contribution in [-0.2, 0) is 23.8 Å². The van der Waals surface area contributed by atoms with Crippen LogP contribution in [-0.4, -0.2) is 23.3 Å². The number of pyridine rings is 1. The zero-order chi connectivity index (χ0) is 26.9. The van der Waals surface area contributed by atoms with Crippen LogP contribution in [0.4, 0.5) is 24.5 Å². The number of aryl methyl sites for hydroxylation is 1. The molecule has 192 valence electrons. The lowest BCUT2D eigenvalue weighted by molar-refractivity contribution is -0.137. The number of rotatable bonds is 5. The topological polar surface area (TPSA) is 62.3 Å². The number of carbonyl (C=O) groups excluding carboxylic acids is 2. The molecule has 0 bridgehead atoms. The molecule has 1 aliphatic heterocycles. The van der Waals surface area contributed by atoms with Gasteiger partial charge in [0, 0.05) is 35.4 Å². The van der Waals surface area contributed by atoms with Gasteiger partial charge in [-0.05, 0) is 84.1 Å². The van der Waals surface area contributed by atoms with Gasteiger partial charge in [0.1, 0.15) is 0 Å². The van der Waals surface area contributed by atoms with E-state index in [1.165, 1.54) is 6.07 Å². The first-order valence-corrected chi connectivity index (χ1v) is 12.1. The molecule has 0 atom stereocenters. The molecular weight excluding hydrogens is 491 g/mol. The highest BCUT2D eigenvalue weighted by Crippen LogP contribution is 2.35. The first kappa shape index (κ1) is 25.2. The predicted molar refractivity (Wildman–Crippen MR) is 140 cm³/mol. The Hall–Kier alpha value is -4.46. The van der Waals surface area contributed by atoms with E-state index in [4.69, 9.17) is 0 Å². The maximum atomic E-state index is 13.3. The molecule has 0 saturated heterocycles. The summed E-state index contributed by atoms with van der Waals surface area (Å²) < 4.78 is 40.0. The molecule has 0 fully saturated rings. The average molecular weight is 516 g/mol. The number of fused-ring (bicyclic) bond motifs is 1. The molecule has 3 aromatic carbocycles. The van der Waals surface area contributed by atoms with Crippen molar-refractivity contribution in [3.05, 3.63) is 113 Å². The molecule has 38 heavy (non-hydrogen) atoms. The Kier molecular flexibility index (Phi) is 6.72. The summed E-state index contributed by atoms with van der Waals surface area (Å²) in [5.74, 6) is -0.480. The van der Waals surface area contributed by atoms with E-state index in [2.05, 4.69) is 10.3 Å². The highest BCUT2D eigenvalue weighted by molar-refractivity contribution is 6.09. The van der Waals surface area contributed by atoms with Crippen molar-refractivity contribution in [2.45, 2.75) is 25.9 Å². The Balaban J connectivity index is 1.37. The highest BCUT2D eigenvalue weighted by atomic mass is 19.4. The lowest BCUT2D eigenvalue weighted by atomic mass is 9.93. The largest absolute Gasteiger partial charge is 0.416 e. The number of hydrogen-bond donors (Lipinski definition) is 1. The number of halogens is 3. The first-order valence-electron chi connectivity index (χ1n) is 12.1. The number of hydrogen-bond acceptors (Lipinski definition) is 3. The van der Waals surface area contributed by atoms with Gasteiger partial charge in [-0.1, -0.05) is 30.3 Å². The number of carbonyl (C=O) groups is 2. The van der Waals surface area contributed by atoms with Crippen LogP contribution in [0.1, 0.15) is 32.7 Å². The van der Waals surface area contributed by atoms with Gasteiger partial charge in [0.15, 0.2) is 0 Å². The summed E-state index contributed by atoms with van der Waals surface area (Å²) in [6, 6.07) is 20.9. The fourth-order valence-corrected chi connectivity index (χ4v) is 4.78. The Morgan fingerprint density at radius 1 is 0.974 bits per heavy atom. The monoisotopic (exact) mass is 515 g/mol. The van der Waals surface area contributed by atoms with Crippen molar-refractivity contribution < 1.29 is 22.8 Å². The molecule has 1 N–H and O–H groups in total. The van der Waals surface area contributed by atoms with Gasteiger partial charge in [-0.15, -0.1) is 0 Å². The molecule has 1 aliphatic rings. The molecule has 5 rings (SSSR count). The smallest absolute Gasteiger partial charge is 0.322 e. The van der Waals surface area contributed by atoms with Gasteiger partial charge in [-0.2, -0.15) is 13.2 Å². The molecule has 4 aromatic rings. The zero-order valence-corrected chi connectivity index (χ0v) is 20.5. The summed E-state index contributed by atoms with van der Waals surface area (Å²) >= 11 is 0. The number of benzene rings is 3. The second-order valence-corrected chi connectivity index (χ2v) is 9.17. The van der Waals surface area contributed by atoms with Crippen LogP contribution < -0.4 is 10.2 Å². The summed E-state index contributed by atoms with van der Waals surface area (Å²) in [5.41, 5.74) is 3.93. The molecule has 0 spiro atoms. The quantitative estimate of drug-likeness (QED) is 0.332. The Morgan fingerprint density at radius 3 is 2.55 bits per heavy atom. The van der Waals surface area contributed by atoms with E-state index >= 15 is 0 Å². The number of nitrogens with one attached hydrogen (secondary N) is 1. The van der Waals surface area contributed by atoms with Crippen molar-refractivity contribution in [3.63, 3.8) is 0 Å². The van der Waals surface area contributed by atoms with Crippen LogP contribution in [0.2, 0.25) is 0 Å². The average Bonchev–Trinajstić information content (AvgIpc) is 3.32. The highest BCUT2D eigenvalue weighted by Gasteiger charge is 2.31. The number of amides is 2.